The molecule has 1 aliphatic carbocycles. The van der Waals surface area contributed by atoms with E-state index in [4.69, 9.17) is 0 Å². The Labute approximate surface area is 113 Å². The Hall–Kier alpha value is -0.290. The highest BCUT2D eigenvalue weighted by atomic mass is 19.4. The molecule has 1 saturated heterocycles. The van der Waals surface area contributed by atoms with Gasteiger partial charge >= 0.3 is 6.18 Å². The monoisotopic (exact) mass is 278 g/mol. The summed E-state index contributed by atoms with van der Waals surface area (Å²) in [5, 5.41) is 3.39. The minimum absolute atomic E-state index is 0.309. The van der Waals surface area contributed by atoms with Crippen LogP contribution in [0.15, 0.2) is 0 Å². The predicted molar refractivity (Wildman–Crippen MR) is 70.1 cm³/mol. The third-order valence-corrected chi connectivity index (χ3v) is 4.86. The van der Waals surface area contributed by atoms with Crippen molar-refractivity contribution in [1.29, 1.82) is 0 Å². The van der Waals surface area contributed by atoms with Crippen molar-refractivity contribution in [2.24, 2.45) is 5.92 Å². The second-order valence-corrected chi connectivity index (χ2v) is 6.05. The second kappa shape index (κ2) is 6.44. The lowest BCUT2D eigenvalue weighted by molar-refractivity contribution is -0.184. The van der Waals surface area contributed by atoms with Crippen LogP contribution in [-0.4, -0.2) is 43.3 Å². The molecular formula is C14H25F3N2. The Morgan fingerprint density at radius 2 is 1.53 bits per heavy atom. The molecule has 2 fully saturated rings. The van der Waals surface area contributed by atoms with Gasteiger partial charge in [0.15, 0.2) is 0 Å². The van der Waals surface area contributed by atoms with Crippen molar-refractivity contribution < 1.29 is 13.2 Å². The van der Waals surface area contributed by atoms with Crippen LogP contribution in [-0.2, 0) is 0 Å². The molecule has 0 amide bonds. The van der Waals surface area contributed by atoms with Crippen LogP contribution >= 0.6 is 0 Å². The number of hydrogen-bond donors (Lipinski definition) is 1. The van der Waals surface area contributed by atoms with Gasteiger partial charge in [-0.25, -0.2) is 0 Å². The number of nitrogens with one attached hydrogen (secondary N) is 1. The maximum Gasteiger partial charge on any atom is 0.391 e. The van der Waals surface area contributed by atoms with E-state index in [1.54, 1.807) is 0 Å². The standard InChI is InChI=1S/C14H25F3N2/c1-19(12-3-2-9-18-10-8-12)13-6-4-11(5-7-13)14(15,16)17/h11-13,18H,2-10H2,1H3. The SMILES string of the molecule is CN(C1CCCNCC1)C1CCC(C(F)(F)F)CC1. The lowest BCUT2D eigenvalue weighted by atomic mass is 9.84. The molecule has 2 nitrogen and oxygen atoms in total. The first-order valence-electron chi connectivity index (χ1n) is 7.48. The van der Waals surface area contributed by atoms with Crippen molar-refractivity contribution >= 4 is 0 Å². The van der Waals surface area contributed by atoms with Crippen LogP contribution in [0.5, 0.6) is 0 Å². The quantitative estimate of drug-likeness (QED) is 0.834. The smallest absolute Gasteiger partial charge is 0.317 e. The minimum atomic E-state index is -3.99. The van der Waals surface area contributed by atoms with Gasteiger partial charge in [0.2, 0.25) is 0 Å². The molecule has 1 atom stereocenters. The van der Waals surface area contributed by atoms with Crippen LogP contribution in [0.25, 0.3) is 0 Å². The topological polar surface area (TPSA) is 15.3 Å². The average Bonchev–Trinajstić information content (AvgIpc) is 2.66. The van der Waals surface area contributed by atoms with Crippen LogP contribution in [0.4, 0.5) is 13.2 Å². The predicted octanol–water partition coefficient (Wildman–Crippen LogP) is 3.18. The summed E-state index contributed by atoms with van der Waals surface area (Å²) < 4.78 is 38.0. The molecule has 1 N–H and O–H groups in total. The van der Waals surface area contributed by atoms with Crippen molar-refractivity contribution in [3.63, 3.8) is 0 Å². The first kappa shape index (κ1) is 15.1. The summed E-state index contributed by atoms with van der Waals surface area (Å²) in [5.74, 6) is -1.06. The van der Waals surface area contributed by atoms with Gasteiger partial charge in [-0.05, 0) is 65.1 Å². The Morgan fingerprint density at radius 3 is 2.16 bits per heavy atom. The van der Waals surface area contributed by atoms with Crippen LogP contribution < -0.4 is 5.32 Å². The summed E-state index contributed by atoms with van der Waals surface area (Å²) in [5.41, 5.74) is 0. The molecule has 2 aliphatic rings. The van der Waals surface area contributed by atoms with Crippen molar-refractivity contribution in [1.82, 2.24) is 10.2 Å². The lowest BCUT2D eigenvalue weighted by Crippen LogP contribution is -2.43. The Bertz CT molecular complexity index is 264. The molecule has 0 spiro atoms. The zero-order valence-corrected chi connectivity index (χ0v) is 11.7. The molecule has 2 rings (SSSR count). The number of nitrogens with zero attached hydrogens (tertiary/aromatic N) is 1. The maximum absolute atomic E-state index is 12.7. The number of halogens is 3. The van der Waals surface area contributed by atoms with Gasteiger partial charge in [-0.2, -0.15) is 13.2 Å². The van der Waals surface area contributed by atoms with Gasteiger partial charge < -0.3 is 10.2 Å². The maximum atomic E-state index is 12.7. The average molecular weight is 278 g/mol. The van der Waals surface area contributed by atoms with E-state index in [-0.39, 0.29) is 0 Å². The van der Waals surface area contributed by atoms with Gasteiger partial charge in [0, 0.05) is 12.1 Å². The molecule has 0 aromatic heterocycles. The van der Waals surface area contributed by atoms with E-state index in [1.807, 2.05) is 0 Å². The molecule has 1 aliphatic heterocycles. The van der Waals surface area contributed by atoms with E-state index in [1.165, 1.54) is 12.8 Å². The van der Waals surface area contributed by atoms with Gasteiger partial charge in [-0.15, -0.1) is 0 Å². The van der Waals surface area contributed by atoms with E-state index in [0.29, 0.717) is 37.8 Å². The molecule has 0 aromatic carbocycles. The van der Waals surface area contributed by atoms with Gasteiger partial charge in [-0.3, -0.25) is 0 Å². The van der Waals surface area contributed by atoms with Crippen molar-refractivity contribution in [3.05, 3.63) is 0 Å². The van der Waals surface area contributed by atoms with Crippen LogP contribution in [0.1, 0.15) is 44.9 Å². The molecule has 5 heteroatoms. The van der Waals surface area contributed by atoms with E-state index in [2.05, 4.69) is 17.3 Å². The second-order valence-electron chi connectivity index (χ2n) is 6.05. The normalized spacial score (nSPS) is 34.3. The molecule has 0 aromatic rings. The first-order chi connectivity index (χ1) is 8.98. The fourth-order valence-electron chi connectivity index (χ4n) is 3.52. The summed E-state index contributed by atoms with van der Waals surface area (Å²) in [6.45, 7) is 2.11. The molecule has 1 unspecified atom stereocenters. The van der Waals surface area contributed by atoms with Crippen molar-refractivity contribution in [2.45, 2.75) is 63.2 Å². The first-order valence-corrected chi connectivity index (χ1v) is 7.48. The number of hydrogen-bond acceptors (Lipinski definition) is 2. The van der Waals surface area contributed by atoms with Gasteiger partial charge in [-0.1, -0.05) is 0 Å². The fourth-order valence-corrected chi connectivity index (χ4v) is 3.52. The number of alkyl halides is 3. The summed E-state index contributed by atoms with van der Waals surface area (Å²) in [6.07, 6.45) is 1.49. The fraction of sp³-hybridized carbons (Fsp3) is 1.00. The third kappa shape index (κ3) is 4.09. The molecule has 0 bridgehead atoms. The molecule has 0 radical (unpaired) electrons. The van der Waals surface area contributed by atoms with Gasteiger partial charge in [0.1, 0.15) is 0 Å². The molecule has 1 heterocycles. The van der Waals surface area contributed by atoms with E-state index in [9.17, 15) is 13.2 Å². The molecule has 19 heavy (non-hydrogen) atoms. The van der Waals surface area contributed by atoms with Crippen molar-refractivity contribution in [2.75, 3.05) is 20.1 Å². The third-order valence-electron chi connectivity index (χ3n) is 4.86. The summed E-state index contributed by atoms with van der Waals surface area (Å²) in [7, 11) is 2.11. The van der Waals surface area contributed by atoms with Crippen LogP contribution in [0, 0.1) is 5.92 Å². The molecule has 112 valence electrons. The largest absolute Gasteiger partial charge is 0.391 e. The van der Waals surface area contributed by atoms with Crippen LogP contribution in [0.3, 0.4) is 0 Å². The highest BCUT2D eigenvalue weighted by Gasteiger charge is 2.42. The minimum Gasteiger partial charge on any atom is -0.317 e. The highest BCUT2D eigenvalue weighted by molar-refractivity contribution is 4.85. The van der Waals surface area contributed by atoms with Crippen molar-refractivity contribution in [3.8, 4) is 0 Å². The molecule has 1 saturated carbocycles. The van der Waals surface area contributed by atoms with Gasteiger partial charge in [0.05, 0.1) is 5.92 Å². The Kier molecular flexibility index (Phi) is 5.12. The zero-order valence-electron chi connectivity index (χ0n) is 11.7. The lowest BCUT2D eigenvalue weighted by Gasteiger charge is -2.39. The number of rotatable bonds is 2. The Balaban J connectivity index is 1.83. The van der Waals surface area contributed by atoms with E-state index < -0.39 is 12.1 Å². The van der Waals surface area contributed by atoms with E-state index in [0.717, 1.165) is 19.5 Å². The summed E-state index contributed by atoms with van der Waals surface area (Å²) in [4.78, 5) is 2.36. The van der Waals surface area contributed by atoms with Gasteiger partial charge in [0.25, 0.3) is 0 Å². The van der Waals surface area contributed by atoms with Crippen LogP contribution in [0.2, 0.25) is 0 Å². The highest BCUT2D eigenvalue weighted by Crippen LogP contribution is 2.39. The van der Waals surface area contributed by atoms with E-state index >= 15 is 0 Å². The molecular weight excluding hydrogens is 253 g/mol. The Morgan fingerprint density at radius 1 is 0.895 bits per heavy atom. The summed E-state index contributed by atoms with van der Waals surface area (Å²) >= 11 is 0. The summed E-state index contributed by atoms with van der Waals surface area (Å²) in [6, 6.07) is 0.893. The zero-order chi connectivity index (χ0) is 13.9.